The van der Waals surface area contributed by atoms with Gasteiger partial charge in [0.05, 0.1) is 5.69 Å². The van der Waals surface area contributed by atoms with Gasteiger partial charge in [-0.1, -0.05) is 15.9 Å². The molecule has 2 aliphatic rings. The number of fused-ring (bicyclic) bond motifs is 1. The molecular weight excluding hydrogens is 368 g/mol. The van der Waals surface area contributed by atoms with E-state index in [1.54, 1.807) is 0 Å². The number of nitrogens with one attached hydrogen (secondary N) is 1. The number of rotatable bonds is 2. The number of carbonyl (C=O) groups is 1. The molecule has 1 N–H and O–H groups in total. The zero-order valence-electron chi connectivity index (χ0n) is 13.6. The molecule has 1 aromatic heterocycles. The molecule has 1 aliphatic carbocycles. The highest BCUT2D eigenvalue weighted by atomic mass is 79.9. The molecule has 0 spiro atoms. The van der Waals surface area contributed by atoms with Gasteiger partial charge in [0.15, 0.2) is 5.69 Å². The first-order chi connectivity index (χ1) is 11.7. The number of nitrogens with zero attached hydrogens (tertiary/aromatic N) is 3. The van der Waals surface area contributed by atoms with Gasteiger partial charge in [-0.3, -0.25) is 4.79 Å². The van der Waals surface area contributed by atoms with Gasteiger partial charge < -0.3 is 10.2 Å². The second kappa shape index (κ2) is 6.69. The summed E-state index contributed by atoms with van der Waals surface area (Å²) in [7, 11) is 0. The first-order valence-corrected chi connectivity index (χ1v) is 9.40. The van der Waals surface area contributed by atoms with Crippen LogP contribution in [0.25, 0.3) is 5.69 Å². The predicted octanol–water partition coefficient (Wildman–Crippen LogP) is 2.56. The Hall–Kier alpha value is -1.66. The minimum Gasteiger partial charge on any atom is -0.335 e. The molecule has 6 heteroatoms. The van der Waals surface area contributed by atoms with Crippen LogP contribution < -0.4 is 5.32 Å². The molecule has 0 unspecified atom stereocenters. The second-order valence-corrected chi connectivity index (χ2v) is 7.33. The minimum atomic E-state index is 0.0884. The van der Waals surface area contributed by atoms with E-state index in [4.69, 9.17) is 5.10 Å². The molecule has 2 aromatic rings. The van der Waals surface area contributed by atoms with Crippen LogP contribution in [0.2, 0.25) is 0 Å². The highest BCUT2D eigenvalue weighted by Crippen LogP contribution is 2.28. The maximum absolute atomic E-state index is 13.0. The third kappa shape index (κ3) is 2.89. The molecule has 1 aromatic carbocycles. The first kappa shape index (κ1) is 15.8. The van der Waals surface area contributed by atoms with E-state index in [0.29, 0.717) is 5.69 Å². The van der Waals surface area contributed by atoms with E-state index >= 15 is 0 Å². The third-order valence-electron chi connectivity index (χ3n) is 4.86. The van der Waals surface area contributed by atoms with Gasteiger partial charge in [0, 0.05) is 41.9 Å². The number of halogens is 1. The Bertz CT molecular complexity index is 747. The maximum Gasteiger partial charge on any atom is 0.274 e. The SMILES string of the molecule is O=C(c1nn(-c2ccc(Br)cc2)c2c1CCCC2)N1CCNCC1. The molecule has 0 atom stereocenters. The fraction of sp³-hybridized carbons (Fsp3) is 0.444. The number of piperazine rings is 1. The van der Waals surface area contributed by atoms with Crippen molar-refractivity contribution in [3.63, 3.8) is 0 Å². The first-order valence-electron chi connectivity index (χ1n) is 8.61. The third-order valence-corrected chi connectivity index (χ3v) is 5.39. The van der Waals surface area contributed by atoms with E-state index in [1.807, 2.05) is 33.8 Å². The van der Waals surface area contributed by atoms with E-state index in [-0.39, 0.29) is 5.91 Å². The van der Waals surface area contributed by atoms with Crippen LogP contribution in [0.3, 0.4) is 0 Å². The summed E-state index contributed by atoms with van der Waals surface area (Å²) in [6, 6.07) is 8.13. The second-order valence-electron chi connectivity index (χ2n) is 6.41. The Balaban J connectivity index is 1.74. The van der Waals surface area contributed by atoms with Gasteiger partial charge in [0.2, 0.25) is 0 Å². The molecule has 0 saturated carbocycles. The van der Waals surface area contributed by atoms with E-state index < -0.39 is 0 Å². The predicted molar refractivity (Wildman–Crippen MR) is 96.7 cm³/mol. The number of carbonyl (C=O) groups excluding carboxylic acids is 1. The molecule has 4 rings (SSSR count). The number of benzene rings is 1. The highest BCUT2D eigenvalue weighted by molar-refractivity contribution is 9.10. The van der Waals surface area contributed by atoms with E-state index in [2.05, 4.69) is 21.2 Å². The van der Waals surface area contributed by atoms with Crippen LogP contribution in [0.15, 0.2) is 28.7 Å². The fourth-order valence-corrected chi connectivity index (χ4v) is 3.85. The average Bonchev–Trinajstić information content (AvgIpc) is 3.02. The zero-order chi connectivity index (χ0) is 16.5. The van der Waals surface area contributed by atoms with Gasteiger partial charge in [-0.2, -0.15) is 5.10 Å². The van der Waals surface area contributed by atoms with Gasteiger partial charge in [0.1, 0.15) is 0 Å². The van der Waals surface area contributed by atoms with Crippen molar-refractivity contribution in [3.8, 4) is 5.69 Å². The molecule has 1 amide bonds. The summed E-state index contributed by atoms with van der Waals surface area (Å²) in [5.74, 6) is 0.0884. The molecule has 5 nitrogen and oxygen atoms in total. The van der Waals surface area contributed by atoms with Crippen molar-refractivity contribution in [2.45, 2.75) is 25.7 Å². The van der Waals surface area contributed by atoms with E-state index in [9.17, 15) is 4.79 Å². The van der Waals surface area contributed by atoms with Crippen molar-refractivity contribution in [1.82, 2.24) is 20.0 Å². The van der Waals surface area contributed by atoms with Crippen molar-refractivity contribution in [3.05, 3.63) is 45.7 Å². The molecule has 2 heterocycles. The monoisotopic (exact) mass is 388 g/mol. The molecule has 1 saturated heterocycles. The normalized spacial score (nSPS) is 17.6. The van der Waals surface area contributed by atoms with Crippen LogP contribution in [0.4, 0.5) is 0 Å². The number of amides is 1. The summed E-state index contributed by atoms with van der Waals surface area (Å²) in [4.78, 5) is 14.9. The van der Waals surface area contributed by atoms with Gasteiger partial charge in [-0.25, -0.2) is 4.68 Å². The Labute approximate surface area is 150 Å². The van der Waals surface area contributed by atoms with E-state index in [0.717, 1.165) is 67.6 Å². The fourth-order valence-electron chi connectivity index (χ4n) is 3.58. The van der Waals surface area contributed by atoms with E-state index in [1.165, 1.54) is 5.69 Å². The lowest BCUT2D eigenvalue weighted by atomic mass is 9.95. The van der Waals surface area contributed by atoms with Crippen molar-refractivity contribution >= 4 is 21.8 Å². The highest BCUT2D eigenvalue weighted by Gasteiger charge is 2.28. The molecule has 126 valence electrons. The Morgan fingerprint density at radius 3 is 2.54 bits per heavy atom. The summed E-state index contributed by atoms with van der Waals surface area (Å²) >= 11 is 3.48. The van der Waals surface area contributed by atoms with Crippen molar-refractivity contribution in [2.24, 2.45) is 0 Å². The van der Waals surface area contributed by atoms with Crippen molar-refractivity contribution in [1.29, 1.82) is 0 Å². The quantitative estimate of drug-likeness (QED) is 0.859. The van der Waals surface area contributed by atoms with Crippen LogP contribution in [-0.2, 0) is 12.8 Å². The average molecular weight is 389 g/mol. The summed E-state index contributed by atoms with van der Waals surface area (Å²) in [5, 5.41) is 8.05. The van der Waals surface area contributed by atoms with Crippen molar-refractivity contribution in [2.75, 3.05) is 26.2 Å². The molecule has 24 heavy (non-hydrogen) atoms. The Morgan fingerprint density at radius 1 is 1.08 bits per heavy atom. The molecule has 1 aliphatic heterocycles. The lowest BCUT2D eigenvalue weighted by Gasteiger charge is -2.27. The van der Waals surface area contributed by atoms with Crippen LogP contribution in [0, 0.1) is 0 Å². The lowest BCUT2D eigenvalue weighted by Crippen LogP contribution is -2.46. The zero-order valence-corrected chi connectivity index (χ0v) is 15.2. The smallest absolute Gasteiger partial charge is 0.274 e. The maximum atomic E-state index is 13.0. The summed E-state index contributed by atoms with van der Waals surface area (Å²) in [6.07, 6.45) is 4.25. The van der Waals surface area contributed by atoms with Crippen molar-refractivity contribution < 1.29 is 4.79 Å². The molecular formula is C18H21BrN4O. The van der Waals surface area contributed by atoms with Crippen LogP contribution in [0.5, 0.6) is 0 Å². The topological polar surface area (TPSA) is 50.2 Å². The molecule has 0 radical (unpaired) electrons. The molecule has 1 fully saturated rings. The van der Waals surface area contributed by atoms with Gasteiger partial charge >= 0.3 is 0 Å². The molecule has 0 bridgehead atoms. The summed E-state index contributed by atoms with van der Waals surface area (Å²) < 4.78 is 3.03. The van der Waals surface area contributed by atoms with Gasteiger partial charge in [0.25, 0.3) is 5.91 Å². The largest absolute Gasteiger partial charge is 0.335 e. The number of aromatic nitrogens is 2. The standard InChI is InChI=1S/C18H21BrN4O/c19-13-5-7-14(8-6-13)23-16-4-2-1-3-15(16)17(21-23)18(24)22-11-9-20-10-12-22/h5-8,20H,1-4,9-12H2. The number of hydrogen-bond donors (Lipinski definition) is 1. The lowest BCUT2D eigenvalue weighted by molar-refractivity contribution is 0.0728. The number of hydrogen-bond acceptors (Lipinski definition) is 3. The van der Waals surface area contributed by atoms with Crippen LogP contribution >= 0.6 is 15.9 Å². The minimum absolute atomic E-state index is 0.0884. The summed E-state index contributed by atoms with van der Waals surface area (Å²) in [6.45, 7) is 3.25. The van der Waals surface area contributed by atoms with Gasteiger partial charge in [-0.05, 0) is 49.9 Å². The Morgan fingerprint density at radius 2 is 1.79 bits per heavy atom. The summed E-state index contributed by atoms with van der Waals surface area (Å²) in [5.41, 5.74) is 4.06. The van der Waals surface area contributed by atoms with Gasteiger partial charge in [-0.15, -0.1) is 0 Å². The van der Waals surface area contributed by atoms with Crippen LogP contribution in [0.1, 0.15) is 34.6 Å². The van der Waals surface area contributed by atoms with Crippen LogP contribution in [-0.4, -0.2) is 46.8 Å². The Kier molecular flexibility index (Phi) is 4.41.